The van der Waals surface area contributed by atoms with Crippen LogP contribution < -0.4 is 10.1 Å². The molecule has 1 aromatic carbocycles. The first kappa shape index (κ1) is 18.7. The Labute approximate surface area is 157 Å². The highest BCUT2D eigenvalue weighted by molar-refractivity contribution is 7.99. The third-order valence-corrected chi connectivity index (χ3v) is 5.23. The third kappa shape index (κ3) is 4.37. The topological polar surface area (TPSA) is 78.3 Å². The molecular formula is C18H24N4O3S. The predicted octanol–water partition coefficient (Wildman–Crippen LogP) is 2.36. The van der Waals surface area contributed by atoms with Gasteiger partial charge in [0, 0.05) is 19.7 Å². The van der Waals surface area contributed by atoms with Gasteiger partial charge in [-0.2, -0.15) is 0 Å². The van der Waals surface area contributed by atoms with E-state index in [4.69, 9.17) is 9.47 Å². The number of hydrogen-bond donors (Lipinski definition) is 1. The second kappa shape index (κ2) is 9.05. The van der Waals surface area contributed by atoms with Crippen molar-refractivity contribution in [2.45, 2.75) is 37.6 Å². The molecular weight excluding hydrogens is 352 g/mol. The number of carbonyl (C=O) groups excluding carboxylic acids is 1. The molecule has 140 valence electrons. The van der Waals surface area contributed by atoms with Crippen molar-refractivity contribution in [1.29, 1.82) is 0 Å². The average molecular weight is 376 g/mol. The molecule has 8 heteroatoms. The number of hydrogen-bond acceptors (Lipinski definition) is 6. The standard InChI is InChI=1S/C18H24N4O3S/c1-3-22-17(14-8-4-5-9-15(14)24-2)20-21-18(22)26-12-16(23)19-11-13-7-6-10-25-13/h4-5,8-9,13H,3,6-7,10-12H2,1-2H3,(H,19,23)/t13-/m1/s1. The van der Waals surface area contributed by atoms with Crippen molar-refractivity contribution in [2.75, 3.05) is 26.0 Å². The number of thioether (sulfide) groups is 1. The summed E-state index contributed by atoms with van der Waals surface area (Å²) >= 11 is 1.39. The van der Waals surface area contributed by atoms with E-state index in [1.165, 1.54) is 11.8 Å². The van der Waals surface area contributed by atoms with Gasteiger partial charge in [0.1, 0.15) is 5.75 Å². The summed E-state index contributed by atoms with van der Waals surface area (Å²) in [5.41, 5.74) is 0.888. The van der Waals surface area contributed by atoms with Gasteiger partial charge in [-0.15, -0.1) is 10.2 Å². The largest absolute Gasteiger partial charge is 0.496 e. The van der Waals surface area contributed by atoms with Gasteiger partial charge in [-0.05, 0) is 31.9 Å². The van der Waals surface area contributed by atoms with Crippen molar-refractivity contribution < 1.29 is 14.3 Å². The Morgan fingerprint density at radius 3 is 3.00 bits per heavy atom. The molecule has 1 aromatic heterocycles. The van der Waals surface area contributed by atoms with Gasteiger partial charge >= 0.3 is 0 Å². The van der Waals surface area contributed by atoms with E-state index >= 15 is 0 Å². The molecule has 1 atom stereocenters. The summed E-state index contributed by atoms with van der Waals surface area (Å²) in [5.74, 6) is 1.78. The highest BCUT2D eigenvalue weighted by atomic mass is 32.2. The van der Waals surface area contributed by atoms with Gasteiger partial charge in [-0.3, -0.25) is 4.79 Å². The number of ether oxygens (including phenoxy) is 2. The SMILES string of the molecule is CCn1c(SCC(=O)NC[C@H]2CCCO2)nnc1-c1ccccc1OC. The zero-order chi connectivity index (χ0) is 18.4. The molecule has 0 radical (unpaired) electrons. The number of benzene rings is 1. The number of rotatable bonds is 8. The molecule has 0 bridgehead atoms. The number of amides is 1. The Hall–Kier alpha value is -2.06. The monoisotopic (exact) mass is 376 g/mol. The molecule has 26 heavy (non-hydrogen) atoms. The molecule has 0 aliphatic carbocycles. The van der Waals surface area contributed by atoms with Gasteiger partial charge in [0.25, 0.3) is 0 Å². The number of carbonyl (C=O) groups is 1. The van der Waals surface area contributed by atoms with Gasteiger partial charge in [0.05, 0.1) is 24.5 Å². The molecule has 2 heterocycles. The van der Waals surface area contributed by atoms with Crippen LogP contribution in [0.2, 0.25) is 0 Å². The van der Waals surface area contributed by atoms with Gasteiger partial charge in [-0.1, -0.05) is 23.9 Å². The van der Waals surface area contributed by atoms with Crippen molar-refractivity contribution in [3.63, 3.8) is 0 Å². The summed E-state index contributed by atoms with van der Waals surface area (Å²) in [6.07, 6.45) is 2.24. The molecule has 1 aliphatic heterocycles. The summed E-state index contributed by atoms with van der Waals surface area (Å²) in [6.45, 7) is 4.11. The van der Waals surface area contributed by atoms with E-state index < -0.39 is 0 Å². The lowest BCUT2D eigenvalue weighted by atomic mass is 10.2. The van der Waals surface area contributed by atoms with Crippen molar-refractivity contribution in [3.8, 4) is 17.1 Å². The van der Waals surface area contributed by atoms with E-state index in [2.05, 4.69) is 15.5 Å². The van der Waals surface area contributed by atoms with Crippen LogP contribution in [-0.4, -0.2) is 52.8 Å². The van der Waals surface area contributed by atoms with Gasteiger partial charge in [0.2, 0.25) is 5.91 Å². The Bertz CT molecular complexity index is 744. The van der Waals surface area contributed by atoms with Crippen LogP contribution in [-0.2, 0) is 16.1 Å². The van der Waals surface area contributed by atoms with E-state index in [0.29, 0.717) is 18.8 Å². The summed E-state index contributed by atoms with van der Waals surface area (Å²) in [5, 5.41) is 12.2. The van der Waals surface area contributed by atoms with E-state index in [9.17, 15) is 4.79 Å². The van der Waals surface area contributed by atoms with E-state index in [1.54, 1.807) is 7.11 Å². The lowest BCUT2D eigenvalue weighted by molar-refractivity contribution is -0.119. The van der Waals surface area contributed by atoms with Crippen LogP contribution in [0.25, 0.3) is 11.4 Å². The normalized spacial score (nSPS) is 16.6. The lowest BCUT2D eigenvalue weighted by Crippen LogP contribution is -2.32. The number of para-hydroxylation sites is 1. The summed E-state index contributed by atoms with van der Waals surface area (Å²) in [4.78, 5) is 12.1. The number of methoxy groups -OCH3 is 1. The zero-order valence-electron chi connectivity index (χ0n) is 15.1. The molecule has 1 saturated heterocycles. The van der Waals surface area contributed by atoms with E-state index in [0.717, 1.165) is 41.7 Å². The Kier molecular flexibility index (Phi) is 6.51. The first-order valence-corrected chi connectivity index (χ1v) is 9.79. The first-order chi connectivity index (χ1) is 12.7. The van der Waals surface area contributed by atoms with Gasteiger partial charge in [0.15, 0.2) is 11.0 Å². The highest BCUT2D eigenvalue weighted by Crippen LogP contribution is 2.30. The van der Waals surface area contributed by atoms with Crippen LogP contribution in [0, 0.1) is 0 Å². The smallest absolute Gasteiger partial charge is 0.230 e. The Balaban J connectivity index is 1.63. The molecule has 1 amide bonds. The summed E-state index contributed by atoms with van der Waals surface area (Å²) in [6, 6.07) is 7.72. The molecule has 2 aromatic rings. The fourth-order valence-electron chi connectivity index (χ4n) is 2.92. The van der Waals surface area contributed by atoms with Crippen molar-refractivity contribution in [1.82, 2.24) is 20.1 Å². The van der Waals surface area contributed by atoms with Crippen LogP contribution in [0.5, 0.6) is 5.75 Å². The Morgan fingerprint density at radius 2 is 2.27 bits per heavy atom. The second-order valence-electron chi connectivity index (χ2n) is 5.98. The maximum absolute atomic E-state index is 12.1. The van der Waals surface area contributed by atoms with Crippen LogP contribution in [0.4, 0.5) is 0 Å². The molecule has 1 aliphatic rings. The molecule has 7 nitrogen and oxygen atoms in total. The third-order valence-electron chi connectivity index (χ3n) is 4.26. The quantitative estimate of drug-likeness (QED) is 0.713. The van der Waals surface area contributed by atoms with Crippen LogP contribution in [0.3, 0.4) is 0 Å². The van der Waals surface area contributed by atoms with Crippen molar-refractivity contribution >= 4 is 17.7 Å². The van der Waals surface area contributed by atoms with Crippen LogP contribution in [0.15, 0.2) is 29.4 Å². The average Bonchev–Trinajstić information content (AvgIpc) is 3.33. The maximum atomic E-state index is 12.1. The molecule has 1 fully saturated rings. The molecule has 0 saturated carbocycles. The molecule has 0 spiro atoms. The highest BCUT2D eigenvalue weighted by Gasteiger charge is 2.19. The second-order valence-corrected chi connectivity index (χ2v) is 6.92. The van der Waals surface area contributed by atoms with Crippen molar-refractivity contribution in [3.05, 3.63) is 24.3 Å². The van der Waals surface area contributed by atoms with Crippen LogP contribution >= 0.6 is 11.8 Å². The van der Waals surface area contributed by atoms with E-state index in [-0.39, 0.29) is 12.0 Å². The summed E-state index contributed by atoms with van der Waals surface area (Å²) in [7, 11) is 1.64. The fraction of sp³-hybridized carbons (Fsp3) is 0.500. The van der Waals surface area contributed by atoms with Crippen molar-refractivity contribution in [2.24, 2.45) is 0 Å². The first-order valence-electron chi connectivity index (χ1n) is 8.80. The maximum Gasteiger partial charge on any atom is 0.230 e. The fourth-order valence-corrected chi connectivity index (χ4v) is 3.76. The molecule has 0 unspecified atom stereocenters. The minimum atomic E-state index is -0.0185. The lowest BCUT2D eigenvalue weighted by Gasteiger charge is -2.11. The van der Waals surface area contributed by atoms with E-state index in [1.807, 2.05) is 35.8 Å². The minimum Gasteiger partial charge on any atom is -0.496 e. The number of nitrogens with zero attached hydrogens (tertiary/aromatic N) is 3. The van der Waals surface area contributed by atoms with Crippen LogP contribution in [0.1, 0.15) is 19.8 Å². The molecule has 1 N–H and O–H groups in total. The van der Waals surface area contributed by atoms with Gasteiger partial charge < -0.3 is 19.4 Å². The van der Waals surface area contributed by atoms with Gasteiger partial charge in [-0.25, -0.2) is 0 Å². The zero-order valence-corrected chi connectivity index (χ0v) is 15.9. The number of aromatic nitrogens is 3. The molecule has 3 rings (SSSR count). The summed E-state index contributed by atoms with van der Waals surface area (Å²) < 4.78 is 12.9. The number of nitrogens with one attached hydrogen (secondary N) is 1. The predicted molar refractivity (Wildman–Crippen MR) is 100 cm³/mol. The minimum absolute atomic E-state index is 0.0185. The Morgan fingerprint density at radius 1 is 1.42 bits per heavy atom.